The summed E-state index contributed by atoms with van der Waals surface area (Å²) in [5.41, 5.74) is 0.370. The Morgan fingerprint density at radius 3 is 2.94 bits per heavy atom. The third kappa shape index (κ3) is 3.17. The maximum Gasteiger partial charge on any atom is 0.158 e. The minimum atomic E-state index is 0.370. The van der Waals surface area contributed by atoms with E-state index < -0.39 is 0 Å². The largest absolute Gasteiger partial charge is 0.355 e. The summed E-state index contributed by atoms with van der Waals surface area (Å²) in [6.45, 7) is 6.26. The number of nitriles is 1. The van der Waals surface area contributed by atoms with E-state index in [1.54, 1.807) is 6.20 Å². The van der Waals surface area contributed by atoms with Crippen LogP contribution in [-0.2, 0) is 0 Å². The van der Waals surface area contributed by atoms with E-state index in [0.717, 1.165) is 32.0 Å². The Hall–Kier alpha value is -1.67. The van der Waals surface area contributed by atoms with Crippen molar-refractivity contribution >= 4 is 5.82 Å². The molecule has 0 saturated carbocycles. The van der Waals surface area contributed by atoms with Crippen molar-refractivity contribution in [2.24, 2.45) is 5.92 Å². The van der Waals surface area contributed by atoms with Crippen LogP contribution < -0.4 is 10.2 Å². The normalized spacial score (nSPS) is 19.2. The fourth-order valence-electron chi connectivity index (χ4n) is 2.32. The second-order valence-electron chi connectivity index (χ2n) is 4.62. The zero-order valence-electron chi connectivity index (χ0n) is 10.8. The monoisotopic (exact) mass is 245 g/mol. The lowest BCUT2D eigenvalue weighted by Gasteiger charge is -2.29. The topological polar surface area (TPSA) is 64.8 Å². The van der Waals surface area contributed by atoms with Crippen molar-refractivity contribution < 1.29 is 0 Å². The van der Waals surface area contributed by atoms with Gasteiger partial charge in [0.1, 0.15) is 11.9 Å². The van der Waals surface area contributed by atoms with Gasteiger partial charge in [-0.3, -0.25) is 0 Å². The fourth-order valence-corrected chi connectivity index (χ4v) is 2.32. The molecule has 18 heavy (non-hydrogen) atoms. The Kier molecular flexibility index (Phi) is 4.48. The van der Waals surface area contributed by atoms with Crippen molar-refractivity contribution in [1.82, 2.24) is 15.3 Å². The molecule has 5 nitrogen and oxygen atoms in total. The Labute approximate surface area is 108 Å². The molecule has 1 aliphatic rings. The molecule has 1 N–H and O–H groups in total. The molecule has 0 radical (unpaired) electrons. The molecule has 1 unspecified atom stereocenters. The number of aromatic nitrogens is 2. The second-order valence-corrected chi connectivity index (χ2v) is 4.62. The highest BCUT2D eigenvalue weighted by molar-refractivity contribution is 5.37. The number of rotatable bonds is 4. The van der Waals surface area contributed by atoms with E-state index in [2.05, 4.69) is 27.1 Å². The number of hydrogen-bond acceptors (Lipinski definition) is 5. The van der Waals surface area contributed by atoms with Crippen LogP contribution in [0, 0.1) is 17.2 Å². The highest BCUT2D eigenvalue weighted by Gasteiger charge is 2.17. The number of piperidine rings is 1. The van der Waals surface area contributed by atoms with Gasteiger partial charge in [0, 0.05) is 13.1 Å². The maximum atomic E-state index is 8.71. The molecule has 2 heterocycles. The molecule has 0 aliphatic carbocycles. The van der Waals surface area contributed by atoms with Gasteiger partial charge in [0.2, 0.25) is 0 Å². The molecule has 96 valence electrons. The van der Waals surface area contributed by atoms with Crippen LogP contribution in [0.25, 0.3) is 0 Å². The minimum absolute atomic E-state index is 0.370. The number of nitrogens with zero attached hydrogens (tertiary/aromatic N) is 4. The van der Waals surface area contributed by atoms with Crippen LogP contribution in [0.4, 0.5) is 5.82 Å². The molecule has 1 atom stereocenters. The van der Waals surface area contributed by atoms with Gasteiger partial charge < -0.3 is 10.2 Å². The molecule has 5 heteroatoms. The highest BCUT2D eigenvalue weighted by Crippen LogP contribution is 2.16. The molecule has 1 saturated heterocycles. The van der Waals surface area contributed by atoms with E-state index >= 15 is 0 Å². The number of hydrogen-bond donors (Lipinski definition) is 1. The molecule has 0 aromatic carbocycles. The number of nitrogens with one attached hydrogen (secondary N) is 1. The fraction of sp³-hybridized carbons (Fsp3) is 0.615. The first-order valence-corrected chi connectivity index (χ1v) is 6.51. The van der Waals surface area contributed by atoms with Gasteiger partial charge in [-0.15, -0.1) is 0 Å². The standard InChI is InChI=1S/C13H19N5/c1-2-18(10-11-4-3-5-15-7-11)13-9-16-12(6-14)8-17-13/h8-9,11,15H,2-5,7,10H2,1H3. The summed E-state index contributed by atoms with van der Waals surface area (Å²) in [5.74, 6) is 1.54. The molecule has 0 bridgehead atoms. The van der Waals surface area contributed by atoms with E-state index in [1.165, 1.54) is 19.0 Å². The molecular weight excluding hydrogens is 226 g/mol. The van der Waals surface area contributed by atoms with Crippen molar-refractivity contribution in [3.8, 4) is 6.07 Å². The average molecular weight is 245 g/mol. The van der Waals surface area contributed by atoms with Gasteiger partial charge in [-0.25, -0.2) is 9.97 Å². The van der Waals surface area contributed by atoms with Crippen LogP contribution >= 0.6 is 0 Å². The average Bonchev–Trinajstić information content (AvgIpc) is 2.46. The molecule has 1 aliphatic heterocycles. The Morgan fingerprint density at radius 2 is 2.39 bits per heavy atom. The summed E-state index contributed by atoms with van der Waals surface area (Å²) in [5, 5.41) is 12.1. The summed E-state index contributed by atoms with van der Waals surface area (Å²) < 4.78 is 0. The summed E-state index contributed by atoms with van der Waals surface area (Å²) in [6, 6.07) is 1.99. The van der Waals surface area contributed by atoms with Gasteiger partial charge >= 0.3 is 0 Å². The van der Waals surface area contributed by atoms with Crippen LogP contribution in [0.5, 0.6) is 0 Å². The van der Waals surface area contributed by atoms with E-state index in [-0.39, 0.29) is 0 Å². The van der Waals surface area contributed by atoms with Crippen molar-refractivity contribution in [1.29, 1.82) is 5.26 Å². The van der Waals surface area contributed by atoms with Gasteiger partial charge in [-0.1, -0.05) is 0 Å². The van der Waals surface area contributed by atoms with Gasteiger partial charge in [0.05, 0.1) is 12.4 Å². The third-order valence-corrected chi connectivity index (χ3v) is 3.34. The molecule has 0 spiro atoms. The lowest BCUT2D eigenvalue weighted by molar-refractivity contribution is 0.377. The van der Waals surface area contributed by atoms with E-state index in [1.807, 2.05) is 6.07 Å². The Bertz CT molecular complexity index is 402. The van der Waals surface area contributed by atoms with Crippen LogP contribution in [-0.4, -0.2) is 36.1 Å². The lowest BCUT2D eigenvalue weighted by atomic mass is 9.99. The predicted molar refractivity (Wildman–Crippen MR) is 70.2 cm³/mol. The molecule has 1 fully saturated rings. The summed E-state index contributed by atoms with van der Waals surface area (Å²) in [4.78, 5) is 10.6. The van der Waals surface area contributed by atoms with Crippen LogP contribution in [0.15, 0.2) is 12.4 Å². The first-order chi connectivity index (χ1) is 8.83. The summed E-state index contributed by atoms with van der Waals surface area (Å²) in [6.07, 6.45) is 5.75. The van der Waals surface area contributed by atoms with Gasteiger partial charge in [0.15, 0.2) is 5.69 Å². The summed E-state index contributed by atoms with van der Waals surface area (Å²) in [7, 11) is 0. The van der Waals surface area contributed by atoms with Gasteiger partial charge in [-0.2, -0.15) is 5.26 Å². The van der Waals surface area contributed by atoms with Crippen molar-refractivity contribution in [3.05, 3.63) is 18.1 Å². The first kappa shape index (κ1) is 12.8. The zero-order chi connectivity index (χ0) is 12.8. The van der Waals surface area contributed by atoms with Crippen molar-refractivity contribution in [2.75, 3.05) is 31.1 Å². The first-order valence-electron chi connectivity index (χ1n) is 6.51. The predicted octanol–water partition coefficient (Wildman–Crippen LogP) is 1.17. The van der Waals surface area contributed by atoms with Crippen LogP contribution in [0.2, 0.25) is 0 Å². The number of anilines is 1. The van der Waals surface area contributed by atoms with Crippen LogP contribution in [0.1, 0.15) is 25.5 Å². The molecule has 2 rings (SSSR count). The van der Waals surface area contributed by atoms with Gasteiger partial charge in [0.25, 0.3) is 0 Å². The second kappa shape index (κ2) is 6.31. The van der Waals surface area contributed by atoms with E-state index in [9.17, 15) is 0 Å². The SMILES string of the molecule is CCN(CC1CCCNC1)c1cnc(C#N)cn1. The van der Waals surface area contributed by atoms with Crippen LogP contribution in [0.3, 0.4) is 0 Å². The quantitative estimate of drug-likeness (QED) is 0.862. The molecule has 0 amide bonds. The maximum absolute atomic E-state index is 8.71. The molecular formula is C13H19N5. The Morgan fingerprint density at radius 1 is 1.50 bits per heavy atom. The summed E-state index contributed by atoms with van der Waals surface area (Å²) >= 11 is 0. The molecule has 1 aromatic heterocycles. The van der Waals surface area contributed by atoms with E-state index in [0.29, 0.717) is 11.6 Å². The highest BCUT2D eigenvalue weighted by atomic mass is 15.2. The Balaban J connectivity index is 2.00. The van der Waals surface area contributed by atoms with Crippen molar-refractivity contribution in [2.45, 2.75) is 19.8 Å². The molecule has 1 aromatic rings. The van der Waals surface area contributed by atoms with E-state index in [4.69, 9.17) is 5.26 Å². The zero-order valence-corrected chi connectivity index (χ0v) is 10.8. The third-order valence-electron chi connectivity index (χ3n) is 3.34. The smallest absolute Gasteiger partial charge is 0.158 e. The van der Waals surface area contributed by atoms with Crippen molar-refractivity contribution in [3.63, 3.8) is 0 Å². The lowest BCUT2D eigenvalue weighted by Crippen LogP contribution is -2.38. The minimum Gasteiger partial charge on any atom is -0.355 e. The van der Waals surface area contributed by atoms with Gasteiger partial charge in [-0.05, 0) is 38.8 Å².